The normalized spacial score (nSPS) is 15.0. The van der Waals surface area contributed by atoms with Crippen LogP contribution in [0.4, 0.5) is 17.1 Å². The Morgan fingerprint density at radius 3 is 1.69 bits per heavy atom. The van der Waals surface area contributed by atoms with Crippen molar-refractivity contribution in [3.8, 4) is 33.4 Å². The molecule has 0 saturated carbocycles. The van der Waals surface area contributed by atoms with E-state index < -0.39 is 95.4 Å². The average Bonchev–Trinajstić information content (AvgIpc) is 3.72. The quantitative estimate of drug-likeness (QED) is 0.174. The molecule has 10 rings (SSSR count). The van der Waals surface area contributed by atoms with Crippen molar-refractivity contribution < 1.29 is 22.2 Å². The Morgan fingerprint density at radius 1 is 0.365 bits per heavy atom. The van der Waals surface area contributed by atoms with E-state index in [1.165, 1.54) is 4.90 Å². The van der Waals surface area contributed by atoms with Gasteiger partial charge >= 0.3 is 0 Å². The molecule has 10 aromatic rings. The minimum atomic E-state index is -0.754. The first-order chi connectivity index (χ1) is 31.2. The highest BCUT2D eigenvalue weighted by Gasteiger charge is 2.21. The Labute approximate surface area is 320 Å². The summed E-state index contributed by atoms with van der Waals surface area (Å²) in [5, 5.41) is 5.00. The molecule has 2 nitrogen and oxygen atoms in total. The highest BCUT2D eigenvalue weighted by atomic mass is 16.3. The molecule has 244 valence electrons. The van der Waals surface area contributed by atoms with Crippen LogP contribution >= 0.6 is 0 Å². The van der Waals surface area contributed by atoms with Crippen LogP contribution in [0.15, 0.2) is 204 Å². The summed E-state index contributed by atoms with van der Waals surface area (Å²) < 4.78 is 125. The van der Waals surface area contributed by atoms with Crippen molar-refractivity contribution in [3.63, 3.8) is 0 Å². The second-order valence-corrected chi connectivity index (χ2v) is 12.3. The maximum atomic E-state index is 9.69. The Balaban J connectivity index is 1.30. The van der Waals surface area contributed by atoms with Crippen LogP contribution in [0.1, 0.15) is 17.8 Å². The molecule has 0 radical (unpaired) electrons. The molecule has 0 atom stereocenters. The van der Waals surface area contributed by atoms with Crippen molar-refractivity contribution >= 4 is 60.5 Å². The number of fused-ring (bicyclic) bond motifs is 6. The number of furan rings is 1. The van der Waals surface area contributed by atoms with Crippen LogP contribution in [0.5, 0.6) is 0 Å². The number of anilines is 3. The van der Waals surface area contributed by atoms with Gasteiger partial charge in [0.25, 0.3) is 0 Å². The van der Waals surface area contributed by atoms with Gasteiger partial charge in [-0.25, -0.2) is 0 Å². The van der Waals surface area contributed by atoms with Gasteiger partial charge in [-0.3, -0.25) is 0 Å². The van der Waals surface area contributed by atoms with Gasteiger partial charge in [0.15, 0.2) is 0 Å². The highest BCUT2D eigenvalue weighted by Crippen LogP contribution is 2.45. The first-order valence-corrected chi connectivity index (χ1v) is 16.7. The summed E-state index contributed by atoms with van der Waals surface area (Å²) in [5.41, 5.74) is 0.790. The molecule has 0 bridgehead atoms. The van der Waals surface area contributed by atoms with E-state index in [0.29, 0.717) is 33.2 Å². The zero-order chi connectivity index (χ0) is 45.7. The molecule has 9 aromatic carbocycles. The molecule has 1 heterocycles. The second kappa shape index (κ2) is 12.5. The van der Waals surface area contributed by atoms with E-state index in [1.54, 1.807) is 36.4 Å². The molecule has 52 heavy (non-hydrogen) atoms. The molecule has 0 N–H and O–H groups in total. The Bertz CT molecular complexity index is 3580. The summed E-state index contributed by atoms with van der Waals surface area (Å²) in [6.45, 7) is 0. The number of hydrogen-bond donors (Lipinski definition) is 0. The summed E-state index contributed by atoms with van der Waals surface area (Å²) in [6.07, 6.45) is 0. The van der Waals surface area contributed by atoms with Crippen LogP contribution in [0.3, 0.4) is 0 Å². The number of para-hydroxylation sites is 2. The van der Waals surface area contributed by atoms with Crippen LogP contribution in [-0.2, 0) is 0 Å². The van der Waals surface area contributed by atoms with Crippen LogP contribution < -0.4 is 4.90 Å². The van der Waals surface area contributed by atoms with E-state index in [9.17, 15) is 11.0 Å². The summed E-state index contributed by atoms with van der Waals surface area (Å²) in [4.78, 5) is 1.20. The van der Waals surface area contributed by atoms with Crippen molar-refractivity contribution in [1.82, 2.24) is 0 Å². The highest BCUT2D eigenvalue weighted by molar-refractivity contribution is 6.17. The second-order valence-electron chi connectivity index (χ2n) is 12.3. The summed E-state index contributed by atoms with van der Waals surface area (Å²) >= 11 is 0. The predicted octanol–water partition coefficient (Wildman–Crippen LogP) is 14.4. The largest absolute Gasteiger partial charge is 0.455 e. The predicted molar refractivity (Wildman–Crippen MR) is 220 cm³/mol. The number of nitrogens with zero attached hydrogens (tertiary/aromatic N) is 1. The maximum absolute atomic E-state index is 9.69. The molecule has 0 saturated heterocycles. The molecule has 0 fully saturated rings. The molecular weight excluding hydrogens is 631 g/mol. The molecule has 0 amide bonds. The molecule has 2 heteroatoms. The van der Waals surface area contributed by atoms with Crippen LogP contribution in [0, 0.1) is 0 Å². The van der Waals surface area contributed by atoms with Crippen molar-refractivity contribution in [2.24, 2.45) is 0 Å². The molecule has 0 unspecified atom stereocenters. The van der Waals surface area contributed by atoms with Crippen molar-refractivity contribution in [3.05, 3.63) is 200 Å². The molecule has 0 aliphatic heterocycles. The third kappa shape index (κ3) is 5.04. The number of benzene rings is 9. The first kappa shape index (κ1) is 19.5. The van der Waals surface area contributed by atoms with E-state index in [-0.39, 0.29) is 16.9 Å². The van der Waals surface area contributed by atoms with Gasteiger partial charge in [-0.05, 0) is 74.7 Å². The summed E-state index contributed by atoms with van der Waals surface area (Å²) in [7, 11) is 0. The van der Waals surface area contributed by atoms with Gasteiger partial charge in [0, 0.05) is 38.7 Å². The monoisotopic (exact) mass is 676 g/mol. The fourth-order valence-electron chi connectivity index (χ4n) is 6.90. The van der Waals surface area contributed by atoms with E-state index in [2.05, 4.69) is 0 Å². The molecular formula is C50H33NO. The van der Waals surface area contributed by atoms with Gasteiger partial charge in [0.2, 0.25) is 0 Å². The molecule has 1 aromatic heterocycles. The topological polar surface area (TPSA) is 16.4 Å². The fourth-order valence-corrected chi connectivity index (χ4v) is 6.90. The SMILES string of the molecule is [2H]c1c([2H])c([2H])c(-c2c([2H])c([2H])c(N(c3ccccc3-c3cccc4c3oc3c5ccccc5ccc43)c3c([2H])c([2H])c(-c4cccc5ccccc45)c([2H])c3[2H])c([2H])c2[2H])c([2H])c1[2H]. The molecule has 0 aliphatic carbocycles. The molecule has 0 spiro atoms. The zero-order valence-corrected chi connectivity index (χ0v) is 27.4. The van der Waals surface area contributed by atoms with E-state index >= 15 is 0 Å². The van der Waals surface area contributed by atoms with Gasteiger partial charge in [-0.2, -0.15) is 0 Å². The van der Waals surface area contributed by atoms with E-state index in [0.717, 1.165) is 26.9 Å². The van der Waals surface area contributed by atoms with E-state index in [1.807, 2.05) is 84.9 Å². The van der Waals surface area contributed by atoms with E-state index in [4.69, 9.17) is 11.3 Å². The van der Waals surface area contributed by atoms with Crippen molar-refractivity contribution in [1.29, 1.82) is 0 Å². The van der Waals surface area contributed by atoms with Crippen LogP contribution in [-0.4, -0.2) is 0 Å². The average molecular weight is 677 g/mol. The standard InChI is InChI=1S/C50H33NO/c1-2-12-34(13-3-1)35-24-29-39(30-25-35)51(40-31-26-38(27-32-40)42-20-10-16-36-14-4-6-17-41(36)42)48-23-9-8-19-44(48)45-21-11-22-46-47-33-28-37-15-5-7-18-43(37)49(47)52-50(45)46/h1-33H/i1D,2D,3D,12D,13D,24D,25D,26D,27D,29D,30D,31D,32D. The first-order valence-electron chi connectivity index (χ1n) is 23.2. The molecule has 0 aliphatic rings. The van der Waals surface area contributed by atoms with Gasteiger partial charge in [0.05, 0.1) is 23.5 Å². The Morgan fingerprint density at radius 2 is 0.904 bits per heavy atom. The fraction of sp³-hybridized carbons (Fsp3) is 0. The Hall–Kier alpha value is -6.90. The van der Waals surface area contributed by atoms with Crippen molar-refractivity contribution in [2.75, 3.05) is 4.90 Å². The zero-order valence-electron chi connectivity index (χ0n) is 40.4. The number of hydrogen-bond acceptors (Lipinski definition) is 2. The van der Waals surface area contributed by atoms with Gasteiger partial charge < -0.3 is 9.32 Å². The number of rotatable bonds is 6. The van der Waals surface area contributed by atoms with Gasteiger partial charge in [0.1, 0.15) is 11.2 Å². The minimum Gasteiger partial charge on any atom is -0.455 e. The lowest BCUT2D eigenvalue weighted by Gasteiger charge is -2.28. The summed E-state index contributed by atoms with van der Waals surface area (Å²) in [6, 6.07) is 28.5. The smallest absolute Gasteiger partial charge is 0.143 e. The lowest BCUT2D eigenvalue weighted by atomic mass is 9.97. The van der Waals surface area contributed by atoms with Gasteiger partial charge in [-0.15, -0.1) is 0 Å². The third-order valence-electron chi connectivity index (χ3n) is 9.30. The van der Waals surface area contributed by atoms with Crippen LogP contribution in [0.2, 0.25) is 0 Å². The van der Waals surface area contributed by atoms with Crippen LogP contribution in [0.25, 0.3) is 76.9 Å². The summed E-state index contributed by atoms with van der Waals surface area (Å²) in [5.74, 6) is 0. The van der Waals surface area contributed by atoms with Crippen molar-refractivity contribution in [2.45, 2.75) is 0 Å². The minimum absolute atomic E-state index is 0.0177. The maximum Gasteiger partial charge on any atom is 0.143 e. The lowest BCUT2D eigenvalue weighted by molar-refractivity contribution is 0.674. The lowest BCUT2D eigenvalue weighted by Crippen LogP contribution is -2.11. The third-order valence-corrected chi connectivity index (χ3v) is 9.30. The van der Waals surface area contributed by atoms with Gasteiger partial charge in [-0.1, -0.05) is 164 Å². The Kier molecular flexibility index (Phi) is 4.67.